The average Bonchev–Trinajstić information content (AvgIpc) is 3.28. The topological polar surface area (TPSA) is 0 Å². The molecule has 0 aliphatic rings. The smallest absolute Gasteiger partial charge is 0.0784 e. The summed E-state index contributed by atoms with van der Waals surface area (Å²) < 4.78 is 1.37. The van der Waals surface area contributed by atoms with Crippen LogP contribution < -0.4 is 0 Å². The van der Waals surface area contributed by atoms with Gasteiger partial charge in [-0.1, -0.05) is 329 Å². The summed E-state index contributed by atoms with van der Waals surface area (Å²) in [5, 5.41) is 0. The minimum absolute atomic E-state index is 1.37. The Morgan fingerprint density at radius 3 is 0.355 bits per heavy atom. The van der Waals surface area contributed by atoms with Gasteiger partial charge in [-0.15, -0.1) is 0 Å². The molecule has 0 amide bonds. The normalized spacial score (nSPS) is 12.0. The van der Waals surface area contributed by atoms with E-state index in [1.54, 1.807) is 0 Å². The van der Waals surface area contributed by atoms with Crippen LogP contribution in [0.3, 0.4) is 0 Å². The van der Waals surface area contributed by atoms with Crippen LogP contribution in [0.15, 0.2) is 0 Å². The minimum atomic E-state index is 1.37. The average molecular weight is 874 g/mol. The van der Waals surface area contributed by atoms with E-state index in [4.69, 9.17) is 0 Å². The van der Waals surface area contributed by atoms with Gasteiger partial charge in [0.25, 0.3) is 0 Å². The first-order valence-corrected chi connectivity index (χ1v) is 30.5. The third-order valence-corrected chi connectivity index (χ3v) is 15.2. The predicted molar refractivity (Wildman–Crippen MR) is 287 cm³/mol. The van der Waals surface area contributed by atoms with Crippen LogP contribution in [-0.4, -0.2) is 31.2 Å². The van der Waals surface area contributed by atoms with Crippen LogP contribution in [0.2, 0.25) is 0 Å². The highest BCUT2D eigenvalue weighted by molar-refractivity contribution is 4.56. The van der Waals surface area contributed by atoms with Crippen LogP contribution >= 0.6 is 0 Å². The summed E-state index contributed by atoms with van der Waals surface area (Å²) in [5.41, 5.74) is 0. The Balaban J connectivity index is 4.08. The SMILES string of the molecule is CCCCCCCCCCCCCCCCCCCC[N+](C)(CCCCCCCCCCCCCCCCCCCC)CCCCCCCCCCCCCCCCCCCC. The fraction of sp³-hybridized carbons (Fsp3) is 1.00. The molecule has 62 heavy (non-hydrogen) atoms. The van der Waals surface area contributed by atoms with Gasteiger partial charge in [0.15, 0.2) is 0 Å². The molecule has 0 fully saturated rings. The van der Waals surface area contributed by atoms with Gasteiger partial charge >= 0.3 is 0 Å². The molecule has 374 valence electrons. The molecule has 0 rings (SSSR count). The molecule has 0 bridgehead atoms. The van der Waals surface area contributed by atoms with Crippen molar-refractivity contribution in [2.24, 2.45) is 0 Å². The van der Waals surface area contributed by atoms with Crippen LogP contribution in [-0.2, 0) is 0 Å². The third-order valence-electron chi connectivity index (χ3n) is 15.2. The molecule has 0 aliphatic carbocycles. The molecule has 0 aromatic heterocycles. The lowest BCUT2D eigenvalue weighted by molar-refractivity contribution is -0.910. The lowest BCUT2D eigenvalue weighted by Crippen LogP contribution is -2.46. The van der Waals surface area contributed by atoms with Gasteiger partial charge < -0.3 is 4.48 Å². The molecule has 1 nitrogen and oxygen atoms in total. The molecule has 0 aromatic carbocycles. The van der Waals surface area contributed by atoms with Gasteiger partial charge in [0.05, 0.1) is 26.7 Å². The number of rotatable bonds is 57. The fourth-order valence-electron chi connectivity index (χ4n) is 10.5. The highest BCUT2D eigenvalue weighted by atomic mass is 15.3. The van der Waals surface area contributed by atoms with E-state index < -0.39 is 0 Å². The Hall–Kier alpha value is -0.0400. The molecule has 0 aliphatic heterocycles. The molecule has 0 N–H and O–H groups in total. The minimum Gasteiger partial charge on any atom is -0.326 e. The first-order chi connectivity index (χ1) is 30.7. The monoisotopic (exact) mass is 873 g/mol. The number of hydrogen-bond donors (Lipinski definition) is 0. The van der Waals surface area contributed by atoms with E-state index in [0.29, 0.717) is 0 Å². The largest absolute Gasteiger partial charge is 0.326 e. The van der Waals surface area contributed by atoms with Gasteiger partial charge in [-0.05, 0) is 38.5 Å². The second-order valence-electron chi connectivity index (χ2n) is 21.8. The van der Waals surface area contributed by atoms with Gasteiger partial charge in [-0.25, -0.2) is 0 Å². The number of unbranched alkanes of at least 4 members (excludes halogenated alkanes) is 51. The molecule has 0 aromatic rings. The fourth-order valence-corrected chi connectivity index (χ4v) is 10.5. The number of hydrogen-bond acceptors (Lipinski definition) is 0. The van der Waals surface area contributed by atoms with Crippen LogP contribution in [0.5, 0.6) is 0 Å². The number of nitrogens with zero attached hydrogens (tertiary/aromatic N) is 1. The Labute approximate surface area is 397 Å². The Kier molecular flexibility index (Phi) is 55.3. The first-order valence-electron chi connectivity index (χ1n) is 30.5. The lowest BCUT2D eigenvalue weighted by Gasteiger charge is -2.35. The van der Waals surface area contributed by atoms with Crippen LogP contribution in [0.1, 0.15) is 367 Å². The van der Waals surface area contributed by atoms with E-state index in [0.717, 1.165) is 0 Å². The molecule has 0 saturated carbocycles. The van der Waals surface area contributed by atoms with Crippen molar-refractivity contribution in [2.45, 2.75) is 367 Å². The lowest BCUT2D eigenvalue weighted by atomic mass is 10.0. The second kappa shape index (κ2) is 55.3. The molecule has 0 atom stereocenters. The van der Waals surface area contributed by atoms with Crippen molar-refractivity contribution in [1.29, 1.82) is 0 Å². The molecular formula is C61H126N+. The van der Waals surface area contributed by atoms with E-state index >= 15 is 0 Å². The summed E-state index contributed by atoms with van der Waals surface area (Å²) in [5.74, 6) is 0. The van der Waals surface area contributed by atoms with Gasteiger partial charge in [-0.2, -0.15) is 0 Å². The van der Waals surface area contributed by atoms with Crippen molar-refractivity contribution in [3.63, 3.8) is 0 Å². The Morgan fingerprint density at radius 2 is 0.242 bits per heavy atom. The zero-order valence-corrected chi connectivity index (χ0v) is 44.8. The molecule has 1 heteroatoms. The maximum atomic E-state index is 2.65. The highest BCUT2D eigenvalue weighted by Gasteiger charge is 2.20. The van der Waals surface area contributed by atoms with Gasteiger partial charge in [0.1, 0.15) is 0 Å². The standard InChI is InChI=1S/C61H126N/c1-5-8-11-14-17-20-23-26-29-32-35-38-41-44-47-50-53-56-59-62(4,60-57-54-51-48-45-42-39-36-33-30-27-24-21-18-15-12-9-6-2)61-58-55-52-49-46-43-40-37-34-31-28-25-22-19-16-13-10-7-3/h5-61H2,1-4H3/q+1. The highest BCUT2D eigenvalue weighted by Crippen LogP contribution is 2.20. The Morgan fingerprint density at radius 1 is 0.145 bits per heavy atom. The van der Waals surface area contributed by atoms with E-state index in [2.05, 4.69) is 27.8 Å². The molecule has 0 radical (unpaired) electrons. The zero-order valence-electron chi connectivity index (χ0n) is 44.8. The molecule has 0 unspecified atom stereocenters. The summed E-state index contributed by atoms with van der Waals surface area (Å²) >= 11 is 0. The maximum absolute atomic E-state index is 2.65. The van der Waals surface area contributed by atoms with Crippen molar-refractivity contribution in [3.8, 4) is 0 Å². The summed E-state index contributed by atoms with van der Waals surface area (Å²) in [6.45, 7) is 11.3. The van der Waals surface area contributed by atoms with Crippen molar-refractivity contribution < 1.29 is 4.48 Å². The summed E-state index contributed by atoms with van der Waals surface area (Å²) in [7, 11) is 2.65. The summed E-state index contributed by atoms with van der Waals surface area (Å²) in [6.07, 6.45) is 79.7. The van der Waals surface area contributed by atoms with Crippen molar-refractivity contribution >= 4 is 0 Å². The predicted octanol–water partition coefficient (Wildman–Crippen LogP) is 22.6. The molecular weight excluding hydrogens is 747 g/mol. The van der Waals surface area contributed by atoms with E-state index in [1.165, 1.54) is 371 Å². The zero-order chi connectivity index (χ0) is 44.8. The Bertz CT molecular complexity index is 661. The quantitative estimate of drug-likeness (QED) is 0.0422. The molecule has 0 spiro atoms. The molecule has 0 saturated heterocycles. The van der Waals surface area contributed by atoms with Crippen molar-refractivity contribution in [1.82, 2.24) is 0 Å². The van der Waals surface area contributed by atoms with Crippen molar-refractivity contribution in [2.75, 3.05) is 26.7 Å². The van der Waals surface area contributed by atoms with Gasteiger partial charge in [-0.3, -0.25) is 0 Å². The van der Waals surface area contributed by atoms with Crippen LogP contribution in [0.4, 0.5) is 0 Å². The number of quaternary nitrogens is 1. The second-order valence-corrected chi connectivity index (χ2v) is 21.8. The molecule has 0 heterocycles. The van der Waals surface area contributed by atoms with Crippen LogP contribution in [0, 0.1) is 0 Å². The van der Waals surface area contributed by atoms with E-state index in [-0.39, 0.29) is 0 Å². The van der Waals surface area contributed by atoms with Crippen molar-refractivity contribution in [3.05, 3.63) is 0 Å². The van der Waals surface area contributed by atoms with E-state index in [1.807, 2.05) is 0 Å². The van der Waals surface area contributed by atoms with Crippen LogP contribution in [0.25, 0.3) is 0 Å². The van der Waals surface area contributed by atoms with Gasteiger partial charge in [0.2, 0.25) is 0 Å². The summed E-state index contributed by atoms with van der Waals surface area (Å²) in [6, 6.07) is 0. The van der Waals surface area contributed by atoms with Gasteiger partial charge in [0, 0.05) is 0 Å². The van der Waals surface area contributed by atoms with E-state index in [9.17, 15) is 0 Å². The maximum Gasteiger partial charge on any atom is 0.0784 e. The summed E-state index contributed by atoms with van der Waals surface area (Å²) in [4.78, 5) is 0. The third kappa shape index (κ3) is 52.6. The first kappa shape index (κ1) is 62.0.